The van der Waals surface area contributed by atoms with Crippen molar-refractivity contribution in [3.05, 3.63) is 34.1 Å². The lowest BCUT2D eigenvalue weighted by molar-refractivity contribution is 0.100. The summed E-state index contributed by atoms with van der Waals surface area (Å²) in [5, 5.41) is 2.91. The van der Waals surface area contributed by atoms with Crippen molar-refractivity contribution < 1.29 is 9.53 Å². The first kappa shape index (κ1) is 11.4. The zero-order valence-electron chi connectivity index (χ0n) is 9.32. The molecule has 1 heterocycles. The zero-order chi connectivity index (χ0) is 12.4. The average Bonchev–Trinajstić information content (AvgIpc) is 2.64. The highest BCUT2D eigenvalue weighted by atomic mass is 16.5. The number of nitrogens with zero attached hydrogens (tertiary/aromatic N) is 1. The lowest BCUT2D eigenvalue weighted by Gasteiger charge is -2.03. The lowest BCUT2D eigenvalue weighted by Crippen LogP contribution is -2.14. The first-order valence-electron chi connectivity index (χ1n) is 5.07. The number of hydrogen-bond acceptors (Lipinski definition) is 3. The Kier molecular flexibility index (Phi) is 2.97. The summed E-state index contributed by atoms with van der Waals surface area (Å²) in [7, 11) is 1.58. The number of amides is 1. The second-order valence-electron chi connectivity index (χ2n) is 3.56. The predicted octanol–water partition coefficient (Wildman–Crippen LogP) is -0.125. The molecular weight excluding hydrogens is 222 g/mol. The van der Waals surface area contributed by atoms with Crippen LogP contribution in [0.5, 0.6) is 0 Å². The molecular formula is C11H12N3O3. The number of aromatic amines is 1. The van der Waals surface area contributed by atoms with E-state index in [1.54, 1.807) is 23.9 Å². The molecule has 0 aliphatic heterocycles. The average molecular weight is 234 g/mol. The van der Waals surface area contributed by atoms with Gasteiger partial charge in [0, 0.05) is 7.11 Å². The van der Waals surface area contributed by atoms with Gasteiger partial charge in [0.2, 0.25) is 5.91 Å². The maximum Gasteiger partial charge on any atom is 0.272 e. The van der Waals surface area contributed by atoms with Crippen LogP contribution in [0.3, 0.4) is 0 Å². The Balaban J connectivity index is 2.64. The van der Waals surface area contributed by atoms with Crippen LogP contribution in [0.4, 0.5) is 0 Å². The number of rotatable bonds is 4. The Bertz CT molecular complexity index is 612. The number of ether oxygens (including phenoxy) is 1. The van der Waals surface area contributed by atoms with Crippen molar-refractivity contribution in [2.24, 2.45) is 5.73 Å². The molecule has 6 heteroatoms. The van der Waals surface area contributed by atoms with E-state index in [1.165, 1.54) is 0 Å². The van der Waals surface area contributed by atoms with Crippen molar-refractivity contribution in [1.82, 2.24) is 9.78 Å². The highest BCUT2D eigenvalue weighted by Crippen LogP contribution is 2.13. The van der Waals surface area contributed by atoms with Crippen molar-refractivity contribution in [3.63, 3.8) is 0 Å². The number of H-pyrrole nitrogens is 1. The van der Waals surface area contributed by atoms with Gasteiger partial charge in [-0.2, -0.15) is 0 Å². The van der Waals surface area contributed by atoms with E-state index in [2.05, 4.69) is 11.2 Å². The van der Waals surface area contributed by atoms with Gasteiger partial charge >= 0.3 is 0 Å². The first-order valence-corrected chi connectivity index (χ1v) is 5.07. The quantitative estimate of drug-likeness (QED) is 0.772. The smallest absolute Gasteiger partial charge is 0.272 e. The third kappa shape index (κ3) is 1.94. The second-order valence-corrected chi connectivity index (χ2v) is 3.56. The summed E-state index contributed by atoms with van der Waals surface area (Å²) in [5.41, 5.74) is 5.59. The minimum Gasteiger partial charge on any atom is -0.383 e. The Hall–Kier alpha value is -2.08. The molecule has 6 nitrogen and oxygen atoms in total. The summed E-state index contributed by atoms with van der Waals surface area (Å²) in [4.78, 5) is 22.9. The minimum absolute atomic E-state index is 0.111. The molecule has 2 rings (SSSR count). The number of benzene rings is 1. The zero-order valence-corrected chi connectivity index (χ0v) is 9.32. The van der Waals surface area contributed by atoms with E-state index in [1.807, 2.05) is 0 Å². The van der Waals surface area contributed by atoms with Gasteiger partial charge in [-0.1, -0.05) is 6.07 Å². The van der Waals surface area contributed by atoms with E-state index in [9.17, 15) is 9.59 Å². The van der Waals surface area contributed by atoms with Crippen LogP contribution in [0.15, 0.2) is 16.9 Å². The predicted molar refractivity (Wildman–Crippen MR) is 61.8 cm³/mol. The molecule has 2 aromatic rings. The maximum absolute atomic E-state index is 11.7. The minimum atomic E-state index is -0.661. The number of carbonyl (C=O) groups is 1. The van der Waals surface area contributed by atoms with Gasteiger partial charge in [0.05, 0.1) is 29.6 Å². The van der Waals surface area contributed by atoms with Gasteiger partial charge in [-0.15, -0.1) is 0 Å². The molecule has 0 spiro atoms. The third-order valence-electron chi connectivity index (χ3n) is 2.49. The molecule has 0 atom stereocenters. The first-order chi connectivity index (χ1) is 8.15. The number of carbonyl (C=O) groups excluding carboxylic acids is 1. The van der Waals surface area contributed by atoms with Crippen LogP contribution in [0, 0.1) is 6.07 Å². The van der Waals surface area contributed by atoms with Gasteiger partial charge < -0.3 is 10.5 Å². The summed E-state index contributed by atoms with van der Waals surface area (Å²) in [6, 6.07) is 5.95. The van der Waals surface area contributed by atoms with Gasteiger partial charge in [-0.3, -0.25) is 19.4 Å². The van der Waals surface area contributed by atoms with Crippen molar-refractivity contribution >= 4 is 16.8 Å². The number of nitrogens with one attached hydrogen (secondary N) is 1. The Morgan fingerprint density at radius 3 is 3.06 bits per heavy atom. The molecule has 1 amide bonds. The van der Waals surface area contributed by atoms with Crippen LogP contribution >= 0.6 is 0 Å². The van der Waals surface area contributed by atoms with Gasteiger partial charge in [-0.25, -0.2) is 0 Å². The molecule has 3 N–H and O–H groups in total. The third-order valence-corrected chi connectivity index (χ3v) is 2.49. The number of primary amides is 1. The van der Waals surface area contributed by atoms with Crippen LogP contribution in [-0.4, -0.2) is 29.4 Å². The van der Waals surface area contributed by atoms with Crippen LogP contribution in [0.1, 0.15) is 10.4 Å². The second kappa shape index (κ2) is 4.42. The monoisotopic (exact) mass is 234 g/mol. The highest BCUT2D eigenvalue weighted by Gasteiger charge is 2.13. The molecule has 0 aliphatic carbocycles. The summed E-state index contributed by atoms with van der Waals surface area (Å²) in [6.07, 6.45) is 0. The van der Waals surface area contributed by atoms with Gasteiger partial charge in [0.1, 0.15) is 0 Å². The number of nitrogens with two attached hydrogens (primary N) is 1. The van der Waals surface area contributed by atoms with Crippen molar-refractivity contribution in [3.8, 4) is 0 Å². The fourth-order valence-electron chi connectivity index (χ4n) is 1.73. The van der Waals surface area contributed by atoms with Gasteiger partial charge in [-0.05, 0) is 12.1 Å². The molecule has 0 unspecified atom stereocenters. The molecule has 17 heavy (non-hydrogen) atoms. The Morgan fingerprint density at radius 1 is 1.65 bits per heavy atom. The molecule has 0 saturated carbocycles. The molecule has 1 aromatic carbocycles. The van der Waals surface area contributed by atoms with Gasteiger partial charge in [0.25, 0.3) is 5.56 Å². The molecule has 1 aromatic heterocycles. The largest absolute Gasteiger partial charge is 0.383 e. The fraction of sp³-hybridized carbons (Fsp3) is 0.273. The van der Waals surface area contributed by atoms with Crippen LogP contribution < -0.4 is 11.3 Å². The van der Waals surface area contributed by atoms with Crippen molar-refractivity contribution in [1.29, 1.82) is 0 Å². The molecule has 89 valence electrons. The molecule has 0 aliphatic rings. The van der Waals surface area contributed by atoms with E-state index in [4.69, 9.17) is 10.5 Å². The van der Waals surface area contributed by atoms with E-state index in [0.29, 0.717) is 18.7 Å². The van der Waals surface area contributed by atoms with Crippen molar-refractivity contribution in [2.45, 2.75) is 6.54 Å². The van der Waals surface area contributed by atoms with E-state index in [-0.39, 0.29) is 16.5 Å². The standard InChI is InChI=1S/C11H12N3O3/c1-17-6-5-14-8-4-2-3-7(10(12)15)9(8)11(16)13-14/h2,4H,5-6H2,1H3,(H2,12,15)(H,13,16). The number of aromatic nitrogens is 2. The van der Waals surface area contributed by atoms with Crippen LogP contribution in [-0.2, 0) is 11.3 Å². The van der Waals surface area contributed by atoms with E-state index < -0.39 is 5.91 Å². The van der Waals surface area contributed by atoms with Crippen molar-refractivity contribution in [2.75, 3.05) is 13.7 Å². The lowest BCUT2D eigenvalue weighted by atomic mass is 10.1. The maximum atomic E-state index is 11.7. The van der Waals surface area contributed by atoms with Crippen LogP contribution in [0.2, 0.25) is 0 Å². The molecule has 0 fully saturated rings. The Labute approximate surface area is 97.0 Å². The summed E-state index contributed by atoms with van der Waals surface area (Å²) >= 11 is 0. The topological polar surface area (TPSA) is 90.1 Å². The number of fused-ring (bicyclic) bond motifs is 1. The highest BCUT2D eigenvalue weighted by molar-refractivity contribution is 6.05. The molecule has 0 bridgehead atoms. The SMILES string of the molecule is COCCn1[nH]c(=O)c2c(C(N)=O)[c]ccc21. The van der Waals surface area contributed by atoms with E-state index >= 15 is 0 Å². The van der Waals surface area contributed by atoms with Crippen LogP contribution in [0.25, 0.3) is 10.9 Å². The Morgan fingerprint density at radius 2 is 2.41 bits per heavy atom. The summed E-state index contributed by atoms with van der Waals surface area (Å²) in [6.45, 7) is 0.960. The molecule has 1 radical (unpaired) electrons. The number of hydrogen-bond donors (Lipinski definition) is 2. The number of methoxy groups -OCH3 is 1. The van der Waals surface area contributed by atoms with E-state index in [0.717, 1.165) is 0 Å². The van der Waals surface area contributed by atoms with Gasteiger partial charge in [0.15, 0.2) is 0 Å². The molecule has 0 saturated heterocycles. The normalized spacial score (nSPS) is 10.9. The fourth-order valence-corrected chi connectivity index (χ4v) is 1.73. The summed E-state index contributed by atoms with van der Waals surface area (Å²) in [5.74, 6) is -0.661. The summed E-state index contributed by atoms with van der Waals surface area (Å²) < 4.78 is 6.57.